The number of nitrogens with one attached hydrogen (secondary N) is 1. The molecule has 0 atom stereocenters. The summed E-state index contributed by atoms with van der Waals surface area (Å²) in [6.07, 6.45) is -3.98. The molecule has 0 aliphatic carbocycles. The minimum atomic E-state index is -4.80. The fraction of sp³-hybridized carbons (Fsp3) is 0.250. The van der Waals surface area contributed by atoms with Gasteiger partial charge < -0.3 is 9.72 Å². The van der Waals surface area contributed by atoms with Gasteiger partial charge in [-0.25, -0.2) is 4.79 Å². The standard InChI is InChI=1S/C8H6F3NO3/c1-15-7(14)5-4(13)2-3-12-6(5)8(9,10)11/h2-3H,1H3,(H,12,13). The molecule has 1 aromatic rings. The summed E-state index contributed by atoms with van der Waals surface area (Å²) in [5, 5.41) is 0. The summed E-state index contributed by atoms with van der Waals surface area (Å²) in [7, 11) is 0.898. The number of hydrogen-bond acceptors (Lipinski definition) is 3. The van der Waals surface area contributed by atoms with Crippen molar-refractivity contribution in [3.63, 3.8) is 0 Å². The molecule has 0 aromatic carbocycles. The number of rotatable bonds is 1. The van der Waals surface area contributed by atoms with Crippen LogP contribution in [0.15, 0.2) is 17.1 Å². The summed E-state index contributed by atoms with van der Waals surface area (Å²) >= 11 is 0. The van der Waals surface area contributed by atoms with Gasteiger partial charge in [-0.15, -0.1) is 0 Å². The van der Waals surface area contributed by atoms with E-state index in [9.17, 15) is 22.8 Å². The van der Waals surface area contributed by atoms with E-state index in [-0.39, 0.29) is 0 Å². The molecule has 0 bridgehead atoms. The Balaban J connectivity index is 3.47. The first kappa shape index (κ1) is 11.3. The van der Waals surface area contributed by atoms with Crippen molar-refractivity contribution < 1.29 is 22.7 Å². The van der Waals surface area contributed by atoms with Gasteiger partial charge in [0.05, 0.1) is 7.11 Å². The lowest BCUT2D eigenvalue weighted by Crippen LogP contribution is -2.24. The number of methoxy groups -OCH3 is 1. The lowest BCUT2D eigenvalue weighted by atomic mass is 10.2. The number of hydrogen-bond donors (Lipinski definition) is 1. The predicted octanol–water partition coefficient (Wildman–Crippen LogP) is 1.18. The monoisotopic (exact) mass is 221 g/mol. The van der Waals surface area contributed by atoms with E-state index in [0.717, 1.165) is 19.4 Å². The summed E-state index contributed by atoms with van der Waals surface area (Å²) in [4.78, 5) is 23.8. The predicted molar refractivity (Wildman–Crippen MR) is 43.4 cm³/mol. The third kappa shape index (κ3) is 2.17. The van der Waals surface area contributed by atoms with Crippen molar-refractivity contribution in [2.24, 2.45) is 0 Å². The number of alkyl halides is 3. The number of pyridine rings is 1. The minimum absolute atomic E-state index is 0.817. The van der Waals surface area contributed by atoms with E-state index in [1.54, 1.807) is 0 Å². The molecular formula is C8H6F3NO3. The van der Waals surface area contributed by atoms with Gasteiger partial charge in [-0.2, -0.15) is 13.2 Å². The van der Waals surface area contributed by atoms with E-state index in [1.165, 1.54) is 0 Å². The summed E-state index contributed by atoms with van der Waals surface area (Å²) < 4.78 is 41.1. The molecule has 0 saturated heterocycles. The molecule has 0 radical (unpaired) electrons. The highest BCUT2D eigenvalue weighted by Crippen LogP contribution is 2.28. The van der Waals surface area contributed by atoms with Crippen LogP contribution in [0.2, 0.25) is 0 Å². The largest absolute Gasteiger partial charge is 0.465 e. The SMILES string of the molecule is COC(=O)c1c(C(F)(F)F)[nH]ccc1=O. The molecule has 0 aliphatic heterocycles. The number of H-pyrrole nitrogens is 1. The first-order valence-electron chi connectivity index (χ1n) is 3.75. The van der Waals surface area contributed by atoms with Crippen molar-refractivity contribution in [2.45, 2.75) is 6.18 Å². The first-order valence-corrected chi connectivity index (χ1v) is 3.75. The fourth-order valence-corrected chi connectivity index (χ4v) is 1.01. The number of halogens is 3. The molecule has 1 heterocycles. The van der Waals surface area contributed by atoms with Crippen molar-refractivity contribution in [3.8, 4) is 0 Å². The molecule has 0 amide bonds. The Labute approximate surface area is 81.7 Å². The molecule has 0 saturated carbocycles. The summed E-state index contributed by atoms with van der Waals surface area (Å²) in [6, 6.07) is 0.821. The Morgan fingerprint density at radius 1 is 1.47 bits per heavy atom. The maximum absolute atomic E-state index is 12.3. The quantitative estimate of drug-likeness (QED) is 0.724. The zero-order valence-electron chi connectivity index (χ0n) is 7.51. The average Bonchev–Trinajstić information content (AvgIpc) is 2.15. The van der Waals surface area contributed by atoms with Gasteiger partial charge in [-0.3, -0.25) is 4.79 Å². The normalized spacial score (nSPS) is 11.2. The third-order valence-corrected chi connectivity index (χ3v) is 1.63. The molecule has 4 nitrogen and oxygen atoms in total. The van der Waals surface area contributed by atoms with Crippen LogP contribution in [0, 0.1) is 0 Å². The van der Waals surface area contributed by atoms with Crippen molar-refractivity contribution in [2.75, 3.05) is 7.11 Å². The molecule has 1 N–H and O–H groups in total. The number of carbonyl (C=O) groups excluding carboxylic acids is 1. The number of aromatic nitrogens is 1. The highest BCUT2D eigenvalue weighted by Gasteiger charge is 2.37. The maximum Gasteiger partial charge on any atom is 0.432 e. The summed E-state index contributed by atoms with van der Waals surface area (Å²) in [6.45, 7) is 0. The van der Waals surface area contributed by atoms with E-state index in [4.69, 9.17) is 0 Å². The maximum atomic E-state index is 12.3. The van der Waals surface area contributed by atoms with Gasteiger partial charge in [0.2, 0.25) is 0 Å². The molecular weight excluding hydrogens is 215 g/mol. The van der Waals surface area contributed by atoms with Gasteiger partial charge in [-0.05, 0) is 0 Å². The second kappa shape index (κ2) is 3.76. The van der Waals surface area contributed by atoms with Crippen LogP contribution in [0.3, 0.4) is 0 Å². The van der Waals surface area contributed by atoms with Crippen molar-refractivity contribution in [3.05, 3.63) is 33.7 Å². The van der Waals surface area contributed by atoms with Gasteiger partial charge in [0, 0.05) is 12.3 Å². The Bertz CT molecular complexity index is 435. The van der Waals surface area contributed by atoms with E-state index < -0.39 is 28.8 Å². The van der Waals surface area contributed by atoms with Crippen molar-refractivity contribution in [1.29, 1.82) is 0 Å². The van der Waals surface area contributed by atoms with Gasteiger partial charge in [-0.1, -0.05) is 0 Å². The van der Waals surface area contributed by atoms with E-state index in [0.29, 0.717) is 0 Å². The van der Waals surface area contributed by atoms with Crippen LogP contribution in [0.1, 0.15) is 16.1 Å². The lowest BCUT2D eigenvalue weighted by molar-refractivity contribution is -0.141. The van der Waals surface area contributed by atoms with Crippen LogP contribution in [-0.4, -0.2) is 18.1 Å². The minimum Gasteiger partial charge on any atom is -0.465 e. The average molecular weight is 221 g/mol. The molecule has 7 heteroatoms. The highest BCUT2D eigenvalue weighted by atomic mass is 19.4. The van der Waals surface area contributed by atoms with Crippen molar-refractivity contribution >= 4 is 5.97 Å². The van der Waals surface area contributed by atoms with E-state index in [1.807, 2.05) is 4.98 Å². The zero-order chi connectivity index (χ0) is 11.6. The third-order valence-electron chi connectivity index (χ3n) is 1.63. The van der Waals surface area contributed by atoms with Crippen LogP contribution < -0.4 is 5.43 Å². The molecule has 15 heavy (non-hydrogen) atoms. The lowest BCUT2D eigenvalue weighted by Gasteiger charge is -2.09. The van der Waals surface area contributed by atoms with Crippen molar-refractivity contribution in [1.82, 2.24) is 4.98 Å². The molecule has 0 aliphatic rings. The van der Waals surface area contributed by atoms with Crippen LogP contribution >= 0.6 is 0 Å². The van der Waals surface area contributed by atoms with Gasteiger partial charge in [0.1, 0.15) is 11.3 Å². The first-order chi connectivity index (χ1) is 6.88. The second-order valence-corrected chi connectivity index (χ2v) is 2.58. The van der Waals surface area contributed by atoms with E-state index >= 15 is 0 Å². The van der Waals surface area contributed by atoms with Crippen LogP contribution in [-0.2, 0) is 10.9 Å². The van der Waals surface area contributed by atoms with Gasteiger partial charge in [0.25, 0.3) is 0 Å². The van der Waals surface area contributed by atoms with Crippen LogP contribution in [0.5, 0.6) is 0 Å². The van der Waals surface area contributed by atoms with Crippen LogP contribution in [0.4, 0.5) is 13.2 Å². The molecule has 0 fully saturated rings. The highest BCUT2D eigenvalue weighted by molar-refractivity contribution is 5.90. The number of esters is 1. The zero-order valence-corrected chi connectivity index (χ0v) is 7.51. The molecule has 1 aromatic heterocycles. The van der Waals surface area contributed by atoms with Gasteiger partial charge >= 0.3 is 12.1 Å². The molecule has 0 unspecified atom stereocenters. The fourth-order valence-electron chi connectivity index (χ4n) is 1.01. The van der Waals surface area contributed by atoms with Crippen LogP contribution in [0.25, 0.3) is 0 Å². The Morgan fingerprint density at radius 2 is 2.07 bits per heavy atom. The van der Waals surface area contributed by atoms with Gasteiger partial charge in [0.15, 0.2) is 5.43 Å². The Kier molecular flexibility index (Phi) is 2.83. The number of carbonyl (C=O) groups is 1. The Hall–Kier alpha value is -1.79. The number of aromatic amines is 1. The summed E-state index contributed by atoms with van der Waals surface area (Å²) in [5.74, 6) is -1.32. The topological polar surface area (TPSA) is 59.2 Å². The summed E-state index contributed by atoms with van der Waals surface area (Å²) in [5.41, 5.74) is -3.47. The molecule has 1 rings (SSSR count). The molecule has 82 valence electrons. The Morgan fingerprint density at radius 3 is 2.53 bits per heavy atom. The molecule has 0 spiro atoms. The smallest absolute Gasteiger partial charge is 0.432 e. The second-order valence-electron chi connectivity index (χ2n) is 2.58. The number of ether oxygens (including phenoxy) is 1. The van der Waals surface area contributed by atoms with E-state index in [2.05, 4.69) is 4.74 Å².